The van der Waals surface area contributed by atoms with Crippen LogP contribution in [0.3, 0.4) is 0 Å². The summed E-state index contributed by atoms with van der Waals surface area (Å²) < 4.78 is 32.4. The Morgan fingerprint density at radius 2 is 1.82 bits per heavy atom. The van der Waals surface area contributed by atoms with E-state index in [9.17, 15) is 13.2 Å². The highest BCUT2D eigenvalue weighted by Crippen LogP contribution is 2.28. The minimum atomic E-state index is -3.76. The molecular formula is C20H23ClN2O4S. The Labute approximate surface area is 170 Å². The number of methoxy groups -OCH3 is 1. The molecule has 0 unspecified atom stereocenters. The van der Waals surface area contributed by atoms with Gasteiger partial charge in [0.25, 0.3) is 0 Å². The van der Waals surface area contributed by atoms with Crippen LogP contribution in [-0.4, -0.2) is 38.3 Å². The lowest BCUT2D eigenvalue weighted by molar-refractivity contribution is -0.124. The van der Waals surface area contributed by atoms with Crippen LogP contribution < -0.4 is 10.1 Å². The van der Waals surface area contributed by atoms with Crippen molar-refractivity contribution in [3.63, 3.8) is 0 Å². The fourth-order valence-corrected chi connectivity index (χ4v) is 5.10. The molecule has 1 aliphatic heterocycles. The van der Waals surface area contributed by atoms with Gasteiger partial charge >= 0.3 is 0 Å². The van der Waals surface area contributed by atoms with Gasteiger partial charge < -0.3 is 10.1 Å². The number of ether oxygens (including phenoxy) is 1. The van der Waals surface area contributed by atoms with Crippen LogP contribution in [0.15, 0.2) is 53.4 Å². The zero-order valence-corrected chi connectivity index (χ0v) is 17.3. The van der Waals surface area contributed by atoms with Gasteiger partial charge in [-0.3, -0.25) is 4.79 Å². The standard InChI is InChI=1S/C20H23ClN2O4S/c1-14(15-5-9-17(27-2)10-6-15)22-20(24)19-4-3-13-23(19)28(25,26)18-11-7-16(21)8-12-18/h5-12,14,19H,3-4,13H2,1-2H3,(H,22,24)/t14-,19+/m1/s1. The average molecular weight is 423 g/mol. The van der Waals surface area contributed by atoms with Gasteiger partial charge in [0.05, 0.1) is 18.0 Å². The van der Waals surface area contributed by atoms with E-state index in [1.54, 1.807) is 7.11 Å². The SMILES string of the molecule is COc1ccc([C@@H](C)NC(=O)[C@@H]2CCCN2S(=O)(=O)c2ccc(Cl)cc2)cc1. The van der Waals surface area contributed by atoms with E-state index in [1.165, 1.54) is 28.6 Å². The zero-order chi connectivity index (χ0) is 20.3. The Morgan fingerprint density at radius 1 is 1.18 bits per heavy atom. The molecule has 0 saturated carbocycles. The van der Waals surface area contributed by atoms with E-state index in [2.05, 4.69) is 5.32 Å². The maximum atomic E-state index is 13.0. The summed E-state index contributed by atoms with van der Waals surface area (Å²) in [7, 11) is -2.17. The fraction of sp³-hybridized carbons (Fsp3) is 0.350. The van der Waals surface area contributed by atoms with Crippen molar-refractivity contribution in [2.45, 2.75) is 36.7 Å². The number of nitrogens with zero attached hydrogens (tertiary/aromatic N) is 1. The van der Waals surface area contributed by atoms with Gasteiger partial charge in [-0.05, 0) is 61.7 Å². The molecule has 0 radical (unpaired) electrons. The topological polar surface area (TPSA) is 75.7 Å². The first-order valence-corrected chi connectivity index (χ1v) is 10.9. The molecule has 28 heavy (non-hydrogen) atoms. The molecule has 1 amide bonds. The van der Waals surface area contributed by atoms with Crippen molar-refractivity contribution in [2.75, 3.05) is 13.7 Å². The Balaban J connectivity index is 1.74. The number of hydrogen-bond acceptors (Lipinski definition) is 4. The summed E-state index contributed by atoms with van der Waals surface area (Å²) in [6.07, 6.45) is 1.13. The molecule has 1 N–H and O–H groups in total. The molecule has 1 aliphatic rings. The summed E-state index contributed by atoms with van der Waals surface area (Å²) in [6.45, 7) is 2.19. The molecule has 0 bridgehead atoms. The number of carbonyl (C=O) groups excluding carboxylic acids is 1. The molecule has 0 aromatic heterocycles. The molecule has 2 aromatic rings. The number of sulfonamides is 1. The lowest BCUT2D eigenvalue weighted by atomic mass is 10.1. The molecule has 1 heterocycles. The van der Waals surface area contributed by atoms with Crippen LogP contribution in [0.25, 0.3) is 0 Å². The number of hydrogen-bond donors (Lipinski definition) is 1. The molecule has 0 spiro atoms. The molecule has 150 valence electrons. The largest absolute Gasteiger partial charge is 0.497 e. The van der Waals surface area contributed by atoms with E-state index >= 15 is 0 Å². The van der Waals surface area contributed by atoms with Gasteiger partial charge in [0.2, 0.25) is 15.9 Å². The van der Waals surface area contributed by atoms with Gasteiger partial charge in [0, 0.05) is 11.6 Å². The highest BCUT2D eigenvalue weighted by atomic mass is 35.5. The van der Waals surface area contributed by atoms with Crippen LogP contribution in [0, 0.1) is 0 Å². The summed E-state index contributed by atoms with van der Waals surface area (Å²) in [5, 5.41) is 3.39. The zero-order valence-electron chi connectivity index (χ0n) is 15.8. The number of benzene rings is 2. The molecule has 0 aliphatic carbocycles. The number of halogens is 1. The molecule has 3 rings (SSSR count). The Hall–Kier alpha value is -2.09. The van der Waals surface area contributed by atoms with E-state index in [-0.39, 0.29) is 16.8 Å². The first-order chi connectivity index (χ1) is 13.3. The van der Waals surface area contributed by atoms with Crippen LogP contribution in [-0.2, 0) is 14.8 Å². The van der Waals surface area contributed by atoms with Gasteiger partial charge in [0.1, 0.15) is 11.8 Å². The van der Waals surface area contributed by atoms with Crippen molar-refractivity contribution in [1.29, 1.82) is 0 Å². The van der Waals surface area contributed by atoms with E-state index in [1.807, 2.05) is 31.2 Å². The summed E-state index contributed by atoms with van der Waals surface area (Å²) >= 11 is 5.85. The maximum absolute atomic E-state index is 13.0. The van der Waals surface area contributed by atoms with E-state index in [0.717, 1.165) is 11.3 Å². The van der Waals surface area contributed by atoms with E-state index in [0.29, 0.717) is 24.4 Å². The minimum Gasteiger partial charge on any atom is -0.497 e. The predicted octanol–water partition coefficient (Wildman–Crippen LogP) is 3.38. The molecule has 1 fully saturated rings. The summed E-state index contributed by atoms with van der Waals surface area (Å²) in [6, 6.07) is 12.4. The average Bonchev–Trinajstić information content (AvgIpc) is 3.19. The van der Waals surface area contributed by atoms with E-state index in [4.69, 9.17) is 16.3 Å². The first kappa shape index (κ1) is 20.6. The molecule has 2 atom stereocenters. The summed E-state index contributed by atoms with van der Waals surface area (Å²) in [4.78, 5) is 13.0. The smallest absolute Gasteiger partial charge is 0.243 e. The van der Waals surface area contributed by atoms with Crippen molar-refractivity contribution in [3.8, 4) is 5.75 Å². The first-order valence-electron chi connectivity index (χ1n) is 9.04. The van der Waals surface area contributed by atoms with Crippen molar-refractivity contribution in [1.82, 2.24) is 9.62 Å². The number of amides is 1. The van der Waals surface area contributed by atoms with Gasteiger partial charge in [-0.25, -0.2) is 8.42 Å². The molecular weight excluding hydrogens is 400 g/mol. The van der Waals surface area contributed by atoms with Crippen LogP contribution in [0.2, 0.25) is 5.02 Å². The Kier molecular flexibility index (Phi) is 6.27. The third-order valence-electron chi connectivity index (χ3n) is 4.90. The molecule has 2 aromatic carbocycles. The van der Waals surface area contributed by atoms with Crippen LogP contribution in [0.1, 0.15) is 31.4 Å². The second-order valence-electron chi connectivity index (χ2n) is 6.73. The van der Waals surface area contributed by atoms with Crippen LogP contribution in [0.4, 0.5) is 0 Å². The van der Waals surface area contributed by atoms with Crippen molar-refractivity contribution in [2.24, 2.45) is 0 Å². The van der Waals surface area contributed by atoms with Crippen molar-refractivity contribution < 1.29 is 17.9 Å². The van der Waals surface area contributed by atoms with Gasteiger partial charge in [-0.2, -0.15) is 4.31 Å². The summed E-state index contributed by atoms with van der Waals surface area (Å²) in [5.41, 5.74) is 0.916. The highest BCUT2D eigenvalue weighted by molar-refractivity contribution is 7.89. The van der Waals surface area contributed by atoms with Crippen LogP contribution in [0.5, 0.6) is 5.75 Å². The number of rotatable bonds is 6. The van der Waals surface area contributed by atoms with Gasteiger partial charge in [-0.15, -0.1) is 0 Å². The third-order valence-corrected chi connectivity index (χ3v) is 7.08. The van der Waals surface area contributed by atoms with Crippen LogP contribution >= 0.6 is 11.6 Å². The van der Waals surface area contributed by atoms with E-state index < -0.39 is 16.1 Å². The molecule has 1 saturated heterocycles. The molecule has 8 heteroatoms. The Bertz CT molecular complexity index is 930. The Morgan fingerprint density at radius 3 is 2.43 bits per heavy atom. The fourth-order valence-electron chi connectivity index (χ4n) is 3.32. The molecule has 6 nitrogen and oxygen atoms in total. The minimum absolute atomic E-state index is 0.139. The number of nitrogens with one attached hydrogen (secondary N) is 1. The third kappa shape index (κ3) is 4.32. The lowest BCUT2D eigenvalue weighted by Crippen LogP contribution is -2.46. The van der Waals surface area contributed by atoms with Gasteiger partial charge in [-0.1, -0.05) is 23.7 Å². The maximum Gasteiger partial charge on any atom is 0.243 e. The lowest BCUT2D eigenvalue weighted by Gasteiger charge is -2.25. The van der Waals surface area contributed by atoms with Gasteiger partial charge in [0.15, 0.2) is 0 Å². The predicted molar refractivity (Wildman–Crippen MR) is 108 cm³/mol. The number of carbonyl (C=O) groups is 1. The van der Waals surface area contributed by atoms with Crippen molar-refractivity contribution >= 4 is 27.5 Å². The quantitative estimate of drug-likeness (QED) is 0.774. The monoisotopic (exact) mass is 422 g/mol. The second-order valence-corrected chi connectivity index (χ2v) is 9.06. The highest BCUT2D eigenvalue weighted by Gasteiger charge is 2.39. The normalized spacial score (nSPS) is 18.6. The second kappa shape index (κ2) is 8.51. The van der Waals surface area contributed by atoms with Crippen molar-refractivity contribution in [3.05, 3.63) is 59.1 Å². The summed E-state index contributed by atoms with van der Waals surface area (Å²) in [5.74, 6) is 0.441.